The van der Waals surface area contributed by atoms with Gasteiger partial charge in [-0.1, -0.05) is 20.8 Å². The molecule has 1 fully saturated rings. The van der Waals surface area contributed by atoms with Gasteiger partial charge < -0.3 is 5.32 Å². The van der Waals surface area contributed by atoms with Gasteiger partial charge in [0.1, 0.15) is 0 Å². The Morgan fingerprint density at radius 2 is 1.82 bits per heavy atom. The Kier molecular flexibility index (Phi) is 4.84. The molecule has 5 heteroatoms. The topological polar surface area (TPSA) is 15.3 Å². The molecule has 0 radical (unpaired) electrons. The molecular formula is C12H23F3N2. The third-order valence-electron chi connectivity index (χ3n) is 4.01. The van der Waals surface area contributed by atoms with E-state index in [-0.39, 0.29) is 11.6 Å². The Morgan fingerprint density at radius 1 is 1.24 bits per heavy atom. The monoisotopic (exact) mass is 252 g/mol. The summed E-state index contributed by atoms with van der Waals surface area (Å²) in [6.07, 6.45) is -1.73. The van der Waals surface area contributed by atoms with Gasteiger partial charge in [0.2, 0.25) is 0 Å². The second-order valence-corrected chi connectivity index (χ2v) is 4.91. The maximum absolute atomic E-state index is 12.6. The van der Waals surface area contributed by atoms with E-state index in [1.807, 2.05) is 20.8 Å². The van der Waals surface area contributed by atoms with Crippen LogP contribution in [-0.4, -0.2) is 42.3 Å². The SMILES string of the molecule is CCC1CN(CC(F)(F)F)C(CC)(CC)CN1. The van der Waals surface area contributed by atoms with Crippen LogP contribution in [0.4, 0.5) is 13.2 Å². The molecule has 17 heavy (non-hydrogen) atoms. The van der Waals surface area contributed by atoms with Gasteiger partial charge in [-0.05, 0) is 19.3 Å². The minimum absolute atomic E-state index is 0.184. The van der Waals surface area contributed by atoms with E-state index in [1.165, 1.54) is 0 Å². The Bertz CT molecular complexity index is 236. The summed E-state index contributed by atoms with van der Waals surface area (Å²) in [5, 5.41) is 3.37. The predicted octanol–water partition coefficient (Wildman–Crippen LogP) is 2.79. The van der Waals surface area contributed by atoms with Gasteiger partial charge in [0.05, 0.1) is 6.54 Å². The van der Waals surface area contributed by atoms with E-state index in [1.54, 1.807) is 4.90 Å². The molecule has 0 amide bonds. The number of rotatable bonds is 4. The molecule has 0 aromatic carbocycles. The Morgan fingerprint density at radius 3 is 2.24 bits per heavy atom. The number of nitrogens with one attached hydrogen (secondary N) is 1. The van der Waals surface area contributed by atoms with Gasteiger partial charge in [0.15, 0.2) is 0 Å². The first-order chi connectivity index (χ1) is 7.87. The maximum Gasteiger partial charge on any atom is 0.401 e. The number of hydrogen-bond acceptors (Lipinski definition) is 2. The Hall–Kier alpha value is -0.290. The van der Waals surface area contributed by atoms with Gasteiger partial charge >= 0.3 is 6.18 Å². The van der Waals surface area contributed by atoms with Crippen molar-refractivity contribution in [1.82, 2.24) is 10.2 Å². The second-order valence-electron chi connectivity index (χ2n) is 4.91. The average molecular weight is 252 g/mol. The van der Waals surface area contributed by atoms with Gasteiger partial charge in [-0.15, -0.1) is 0 Å². The summed E-state index contributed by atoms with van der Waals surface area (Å²) in [4.78, 5) is 1.64. The smallest absolute Gasteiger partial charge is 0.311 e. The number of alkyl halides is 3. The zero-order chi connectivity index (χ0) is 13.1. The predicted molar refractivity (Wildman–Crippen MR) is 63.0 cm³/mol. The molecule has 0 spiro atoms. The molecule has 0 aromatic rings. The third-order valence-corrected chi connectivity index (χ3v) is 4.01. The molecule has 1 aliphatic heterocycles. The van der Waals surface area contributed by atoms with Crippen molar-refractivity contribution in [3.8, 4) is 0 Å². The lowest BCUT2D eigenvalue weighted by atomic mass is 9.87. The van der Waals surface area contributed by atoms with Gasteiger partial charge in [0, 0.05) is 24.7 Å². The summed E-state index contributed by atoms with van der Waals surface area (Å²) < 4.78 is 37.9. The third kappa shape index (κ3) is 3.58. The molecule has 0 aliphatic carbocycles. The lowest BCUT2D eigenvalue weighted by Crippen LogP contribution is -2.65. The van der Waals surface area contributed by atoms with Crippen LogP contribution in [0, 0.1) is 0 Å². The molecule has 1 atom stereocenters. The fourth-order valence-electron chi connectivity index (χ4n) is 2.64. The average Bonchev–Trinajstić information content (AvgIpc) is 2.27. The lowest BCUT2D eigenvalue weighted by Gasteiger charge is -2.49. The second kappa shape index (κ2) is 5.57. The van der Waals surface area contributed by atoms with Crippen LogP contribution in [0.5, 0.6) is 0 Å². The quantitative estimate of drug-likeness (QED) is 0.827. The van der Waals surface area contributed by atoms with Crippen molar-refractivity contribution in [2.45, 2.75) is 57.8 Å². The summed E-state index contributed by atoms with van der Waals surface area (Å²) in [6, 6.07) is 0.184. The van der Waals surface area contributed by atoms with E-state index >= 15 is 0 Å². The van der Waals surface area contributed by atoms with Crippen LogP contribution < -0.4 is 5.32 Å². The fraction of sp³-hybridized carbons (Fsp3) is 1.00. The fourth-order valence-corrected chi connectivity index (χ4v) is 2.64. The first-order valence-electron chi connectivity index (χ1n) is 6.42. The van der Waals surface area contributed by atoms with Gasteiger partial charge in [-0.25, -0.2) is 0 Å². The number of nitrogens with zero attached hydrogens (tertiary/aromatic N) is 1. The van der Waals surface area contributed by atoms with Crippen LogP contribution in [0.3, 0.4) is 0 Å². The van der Waals surface area contributed by atoms with Crippen molar-refractivity contribution in [1.29, 1.82) is 0 Å². The normalized spacial score (nSPS) is 26.1. The molecule has 1 N–H and O–H groups in total. The standard InChI is InChI=1S/C12H23F3N2/c1-4-10-7-17(9-12(13,14)15)11(5-2,6-3)8-16-10/h10,16H,4-9H2,1-3H3. The first-order valence-corrected chi connectivity index (χ1v) is 6.42. The first kappa shape index (κ1) is 14.8. The zero-order valence-electron chi connectivity index (χ0n) is 10.9. The van der Waals surface area contributed by atoms with Crippen molar-refractivity contribution in [3.05, 3.63) is 0 Å². The summed E-state index contributed by atoms with van der Waals surface area (Å²) >= 11 is 0. The van der Waals surface area contributed by atoms with Gasteiger partial charge in [0.25, 0.3) is 0 Å². The molecule has 1 heterocycles. The summed E-state index contributed by atoms with van der Waals surface area (Å²) in [6.45, 7) is 6.33. The minimum atomic E-state index is -4.11. The van der Waals surface area contributed by atoms with Crippen molar-refractivity contribution in [2.75, 3.05) is 19.6 Å². The summed E-state index contributed by atoms with van der Waals surface area (Å²) in [5.41, 5.74) is -0.332. The molecule has 0 bridgehead atoms. The highest BCUT2D eigenvalue weighted by Crippen LogP contribution is 2.30. The maximum atomic E-state index is 12.6. The Balaban J connectivity index is 2.81. The van der Waals surface area contributed by atoms with Crippen molar-refractivity contribution >= 4 is 0 Å². The molecular weight excluding hydrogens is 229 g/mol. The van der Waals surface area contributed by atoms with Crippen molar-refractivity contribution in [3.63, 3.8) is 0 Å². The summed E-state index contributed by atoms with van der Waals surface area (Å²) in [5.74, 6) is 0. The minimum Gasteiger partial charge on any atom is -0.311 e. The highest BCUT2D eigenvalue weighted by molar-refractivity contribution is 4.97. The van der Waals surface area contributed by atoms with Gasteiger partial charge in [-0.3, -0.25) is 4.90 Å². The van der Waals surface area contributed by atoms with Crippen LogP contribution in [0.15, 0.2) is 0 Å². The van der Waals surface area contributed by atoms with Crippen molar-refractivity contribution in [2.24, 2.45) is 0 Å². The van der Waals surface area contributed by atoms with E-state index in [9.17, 15) is 13.2 Å². The molecule has 0 aromatic heterocycles. The van der Waals surface area contributed by atoms with E-state index in [0.29, 0.717) is 13.1 Å². The molecule has 2 nitrogen and oxygen atoms in total. The van der Waals surface area contributed by atoms with E-state index in [4.69, 9.17) is 0 Å². The van der Waals surface area contributed by atoms with E-state index in [2.05, 4.69) is 5.32 Å². The van der Waals surface area contributed by atoms with Crippen LogP contribution in [0.25, 0.3) is 0 Å². The molecule has 1 aliphatic rings. The van der Waals surface area contributed by atoms with E-state index < -0.39 is 12.7 Å². The molecule has 1 saturated heterocycles. The lowest BCUT2D eigenvalue weighted by molar-refractivity contribution is -0.165. The molecule has 1 unspecified atom stereocenters. The van der Waals surface area contributed by atoms with Crippen molar-refractivity contribution < 1.29 is 13.2 Å². The highest BCUT2D eigenvalue weighted by atomic mass is 19.4. The largest absolute Gasteiger partial charge is 0.401 e. The van der Waals surface area contributed by atoms with E-state index in [0.717, 1.165) is 19.3 Å². The number of piperazine rings is 1. The van der Waals surface area contributed by atoms with Crippen LogP contribution in [0.1, 0.15) is 40.0 Å². The highest BCUT2D eigenvalue weighted by Gasteiger charge is 2.43. The number of halogens is 3. The zero-order valence-corrected chi connectivity index (χ0v) is 10.9. The van der Waals surface area contributed by atoms with Crippen LogP contribution in [-0.2, 0) is 0 Å². The summed E-state index contributed by atoms with van der Waals surface area (Å²) in [7, 11) is 0. The van der Waals surface area contributed by atoms with Gasteiger partial charge in [-0.2, -0.15) is 13.2 Å². The molecule has 0 saturated carbocycles. The molecule has 1 rings (SSSR count). The Labute approximate surface area is 102 Å². The van der Waals surface area contributed by atoms with Crippen LogP contribution >= 0.6 is 0 Å². The van der Waals surface area contributed by atoms with Crippen LogP contribution in [0.2, 0.25) is 0 Å². The molecule has 102 valence electrons. The number of hydrogen-bond donors (Lipinski definition) is 1.